The molecule has 0 unspecified atom stereocenters. The van der Waals surface area contributed by atoms with E-state index in [1.165, 1.54) is 0 Å². The first kappa shape index (κ1) is 10.8. The van der Waals surface area contributed by atoms with E-state index in [9.17, 15) is 9.50 Å². The minimum Gasteiger partial charge on any atom is -0.508 e. The van der Waals surface area contributed by atoms with Gasteiger partial charge in [-0.2, -0.15) is 11.8 Å². The van der Waals surface area contributed by atoms with E-state index in [1.807, 2.05) is 17.8 Å². The molecule has 0 amide bonds. The van der Waals surface area contributed by atoms with Crippen LogP contribution in [-0.4, -0.2) is 22.3 Å². The summed E-state index contributed by atoms with van der Waals surface area (Å²) in [4.78, 5) is 0. The zero-order chi connectivity index (χ0) is 10.7. The van der Waals surface area contributed by atoms with E-state index in [4.69, 9.17) is 0 Å². The molecule has 1 N–H and O–H groups in total. The lowest BCUT2D eigenvalue weighted by Crippen LogP contribution is -2.30. The van der Waals surface area contributed by atoms with Crippen molar-refractivity contribution in [2.45, 2.75) is 24.9 Å². The van der Waals surface area contributed by atoms with Crippen LogP contribution in [0.4, 0.5) is 4.39 Å². The molecular formula is C12H15FOS. The van der Waals surface area contributed by atoms with Gasteiger partial charge >= 0.3 is 0 Å². The largest absolute Gasteiger partial charge is 0.508 e. The van der Waals surface area contributed by atoms with Crippen molar-refractivity contribution in [3.63, 3.8) is 0 Å². The lowest BCUT2D eigenvalue weighted by atomic mass is 9.90. The number of hydrogen-bond donors (Lipinski definition) is 1. The highest BCUT2D eigenvalue weighted by Gasteiger charge is 2.32. The summed E-state index contributed by atoms with van der Waals surface area (Å²) in [6, 6.07) is 7.03. The SMILES string of the molecule is Oc1ccccc1CC1(F)CCSCC1. The van der Waals surface area contributed by atoms with Gasteiger partial charge in [-0.05, 0) is 36.0 Å². The maximum atomic E-state index is 14.3. The molecular weight excluding hydrogens is 211 g/mol. The van der Waals surface area contributed by atoms with Gasteiger partial charge in [0, 0.05) is 6.42 Å². The van der Waals surface area contributed by atoms with Crippen LogP contribution < -0.4 is 0 Å². The second kappa shape index (κ2) is 4.44. The van der Waals surface area contributed by atoms with Crippen LogP contribution >= 0.6 is 11.8 Å². The Labute approximate surface area is 93.7 Å². The monoisotopic (exact) mass is 226 g/mol. The van der Waals surface area contributed by atoms with Crippen molar-refractivity contribution in [3.8, 4) is 5.75 Å². The van der Waals surface area contributed by atoms with Gasteiger partial charge in [0.2, 0.25) is 0 Å². The summed E-state index contributed by atoms with van der Waals surface area (Å²) in [5.41, 5.74) is -0.378. The van der Waals surface area contributed by atoms with Crippen molar-refractivity contribution < 1.29 is 9.50 Å². The molecule has 1 aromatic rings. The molecule has 1 saturated heterocycles. The van der Waals surface area contributed by atoms with Crippen LogP contribution in [0.15, 0.2) is 24.3 Å². The highest BCUT2D eigenvalue weighted by molar-refractivity contribution is 7.99. The Morgan fingerprint density at radius 2 is 1.93 bits per heavy atom. The second-order valence-electron chi connectivity index (χ2n) is 4.07. The fourth-order valence-electron chi connectivity index (χ4n) is 1.92. The average Bonchev–Trinajstić information content (AvgIpc) is 2.22. The number of benzene rings is 1. The first-order valence-corrected chi connectivity index (χ1v) is 6.39. The van der Waals surface area contributed by atoms with E-state index in [1.54, 1.807) is 18.2 Å². The maximum Gasteiger partial charge on any atom is 0.118 e. The summed E-state index contributed by atoms with van der Waals surface area (Å²) >= 11 is 1.81. The van der Waals surface area contributed by atoms with Crippen LogP contribution in [-0.2, 0) is 6.42 Å². The first-order chi connectivity index (χ1) is 7.20. The van der Waals surface area contributed by atoms with Gasteiger partial charge in [0.1, 0.15) is 11.4 Å². The second-order valence-corrected chi connectivity index (χ2v) is 5.29. The summed E-state index contributed by atoms with van der Waals surface area (Å²) in [7, 11) is 0. The van der Waals surface area contributed by atoms with E-state index >= 15 is 0 Å². The van der Waals surface area contributed by atoms with E-state index in [2.05, 4.69) is 0 Å². The molecule has 1 aliphatic heterocycles. The molecule has 2 rings (SSSR count). The average molecular weight is 226 g/mol. The minimum atomic E-state index is -1.11. The molecule has 1 nitrogen and oxygen atoms in total. The summed E-state index contributed by atoms with van der Waals surface area (Å²) in [6.07, 6.45) is 1.55. The zero-order valence-electron chi connectivity index (χ0n) is 8.58. The lowest BCUT2D eigenvalue weighted by Gasteiger charge is -2.29. The summed E-state index contributed by atoms with van der Waals surface area (Å²) in [5.74, 6) is 2.00. The van der Waals surface area contributed by atoms with Gasteiger partial charge < -0.3 is 5.11 Å². The van der Waals surface area contributed by atoms with Crippen molar-refractivity contribution >= 4 is 11.8 Å². The molecule has 0 bridgehead atoms. The zero-order valence-corrected chi connectivity index (χ0v) is 9.39. The van der Waals surface area contributed by atoms with Crippen LogP contribution in [0, 0.1) is 0 Å². The first-order valence-electron chi connectivity index (χ1n) is 5.23. The highest BCUT2D eigenvalue weighted by Crippen LogP contribution is 2.35. The quantitative estimate of drug-likeness (QED) is 0.836. The third-order valence-electron chi connectivity index (χ3n) is 2.89. The molecule has 1 aliphatic rings. The van der Waals surface area contributed by atoms with E-state index in [0.29, 0.717) is 19.3 Å². The summed E-state index contributed by atoms with van der Waals surface area (Å²) < 4.78 is 14.3. The standard InChI is InChI=1S/C12H15FOS/c13-12(5-7-15-8-6-12)9-10-3-1-2-4-11(10)14/h1-4,14H,5-9H2. The van der Waals surface area contributed by atoms with Crippen LogP contribution in [0.1, 0.15) is 18.4 Å². The molecule has 82 valence electrons. The highest BCUT2D eigenvalue weighted by atomic mass is 32.2. The number of phenolic OH excluding ortho intramolecular Hbond substituents is 1. The van der Waals surface area contributed by atoms with Gasteiger partial charge in [0.25, 0.3) is 0 Å². The van der Waals surface area contributed by atoms with E-state index in [0.717, 1.165) is 17.1 Å². The molecule has 0 spiro atoms. The smallest absolute Gasteiger partial charge is 0.118 e. The number of aromatic hydroxyl groups is 1. The Morgan fingerprint density at radius 1 is 1.27 bits per heavy atom. The Morgan fingerprint density at radius 3 is 2.60 bits per heavy atom. The number of rotatable bonds is 2. The van der Waals surface area contributed by atoms with Gasteiger partial charge in [0.05, 0.1) is 0 Å². The number of halogens is 1. The fourth-order valence-corrected chi connectivity index (χ4v) is 3.14. The number of hydrogen-bond acceptors (Lipinski definition) is 2. The maximum absolute atomic E-state index is 14.3. The normalized spacial score (nSPS) is 20.1. The minimum absolute atomic E-state index is 0.216. The number of para-hydroxylation sites is 1. The lowest BCUT2D eigenvalue weighted by molar-refractivity contribution is 0.149. The topological polar surface area (TPSA) is 20.2 Å². The van der Waals surface area contributed by atoms with Crippen LogP contribution in [0.2, 0.25) is 0 Å². The molecule has 1 fully saturated rings. The number of alkyl halides is 1. The molecule has 0 atom stereocenters. The predicted octanol–water partition coefficient (Wildman–Crippen LogP) is 3.17. The number of thioether (sulfide) groups is 1. The molecule has 15 heavy (non-hydrogen) atoms. The van der Waals surface area contributed by atoms with Crippen molar-refractivity contribution in [1.29, 1.82) is 0 Å². The van der Waals surface area contributed by atoms with Crippen LogP contribution in [0.3, 0.4) is 0 Å². The Hall–Kier alpha value is -0.700. The molecule has 1 aromatic carbocycles. The number of phenols is 1. The predicted molar refractivity (Wildman–Crippen MR) is 62.2 cm³/mol. The summed E-state index contributed by atoms with van der Waals surface area (Å²) in [5, 5.41) is 9.58. The van der Waals surface area contributed by atoms with Gasteiger partial charge in [0.15, 0.2) is 0 Å². The van der Waals surface area contributed by atoms with Gasteiger partial charge in [-0.1, -0.05) is 18.2 Å². The summed E-state index contributed by atoms with van der Waals surface area (Å²) in [6.45, 7) is 0. The molecule has 0 aromatic heterocycles. The fraction of sp³-hybridized carbons (Fsp3) is 0.500. The van der Waals surface area contributed by atoms with Crippen molar-refractivity contribution in [2.24, 2.45) is 0 Å². The molecule has 0 aliphatic carbocycles. The van der Waals surface area contributed by atoms with E-state index < -0.39 is 5.67 Å². The van der Waals surface area contributed by atoms with Gasteiger partial charge in [-0.3, -0.25) is 0 Å². The third-order valence-corrected chi connectivity index (χ3v) is 3.87. The Balaban J connectivity index is 2.10. The van der Waals surface area contributed by atoms with Gasteiger partial charge in [-0.15, -0.1) is 0 Å². The molecule has 1 heterocycles. The molecule has 0 radical (unpaired) electrons. The van der Waals surface area contributed by atoms with Crippen molar-refractivity contribution in [2.75, 3.05) is 11.5 Å². The molecule has 0 saturated carbocycles. The Bertz CT molecular complexity index is 334. The van der Waals surface area contributed by atoms with Crippen molar-refractivity contribution in [1.82, 2.24) is 0 Å². The van der Waals surface area contributed by atoms with E-state index in [-0.39, 0.29) is 5.75 Å². The Kier molecular flexibility index (Phi) is 3.19. The van der Waals surface area contributed by atoms with Crippen LogP contribution in [0.5, 0.6) is 5.75 Å². The third kappa shape index (κ3) is 2.65. The van der Waals surface area contributed by atoms with Gasteiger partial charge in [-0.25, -0.2) is 4.39 Å². The van der Waals surface area contributed by atoms with Crippen molar-refractivity contribution in [3.05, 3.63) is 29.8 Å². The van der Waals surface area contributed by atoms with Crippen LogP contribution in [0.25, 0.3) is 0 Å². The molecule has 3 heteroatoms.